The molecule has 2 aliphatic rings. The van der Waals surface area contributed by atoms with Gasteiger partial charge in [0.25, 0.3) is 0 Å². The van der Waals surface area contributed by atoms with Crippen LogP contribution in [0.2, 0.25) is 0 Å². The van der Waals surface area contributed by atoms with Crippen LogP contribution in [0.5, 0.6) is 0 Å². The average Bonchev–Trinajstić information content (AvgIpc) is 2.38. The smallest absolute Gasteiger partial charge is 0.239 e. The summed E-state index contributed by atoms with van der Waals surface area (Å²) in [5, 5.41) is 3.41. The average molecular weight is 252 g/mol. The quantitative estimate of drug-likeness (QED) is 0.817. The molecule has 1 amide bonds. The lowest BCUT2D eigenvalue weighted by molar-refractivity contribution is -0.136. The van der Waals surface area contributed by atoms with Gasteiger partial charge in [-0.05, 0) is 50.0 Å². The van der Waals surface area contributed by atoms with Crippen LogP contribution in [0.4, 0.5) is 0 Å². The molecule has 2 aliphatic heterocycles. The molecular weight excluding hydrogens is 224 g/mol. The van der Waals surface area contributed by atoms with E-state index in [1.54, 1.807) is 0 Å². The number of likely N-dealkylation sites (tertiary alicyclic amines) is 1. The number of piperidine rings is 2. The zero-order valence-corrected chi connectivity index (χ0v) is 12.1. The molecule has 0 aromatic heterocycles. The topological polar surface area (TPSA) is 32.3 Å². The van der Waals surface area contributed by atoms with Gasteiger partial charge in [0.15, 0.2) is 0 Å². The van der Waals surface area contributed by atoms with Crippen molar-refractivity contribution in [1.82, 2.24) is 10.2 Å². The number of hydrogen-bond acceptors (Lipinski definition) is 2. The van der Waals surface area contributed by atoms with Gasteiger partial charge in [-0.2, -0.15) is 0 Å². The van der Waals surface area contributed by atoms with E-state index >= 15 is 0 Å². The lowest BCUT2D eigenvalue weighted by Crippen LogP contribution is -2.54. The van der Waals surface area contributed by atoms with Crippen LogP contribution in [0, 0.1) is 17.8 Å². The number of nitrogens with one attached hydrogen (secondary N) is 1. The summed E-state index contributed by atoms with van der Waals surface area (Å²) in [6, 6.07) is 0.0781. The van der Waals surface area contributed by atoms with E-state index in [2.05, 4.69) is 31.0 Å². The van der Waals surface area contributed by atoms with Crippen LogP contribution < -0.4 is 5.32 Å². The zero-order chi connectivity index (χ0) is 13.1. The van der Waals surface area contributed by atoms with E-state index in [1.165, 1.54) is 25.7 Å². The second-order valence-corrected chi connectivity index (χ2v) is 6.46. The highest BCUT2D eigenvalue weighted by Gasteiger charge is 2.33. The highest BCUT2D eigenvalue weighted by Crippen LogP contribution is 2.26. The number of carbonyl (C=O) groups is 1. The van der Waals surface area contributed by atoms with Crippen molar-refractivity contribution in [1.29, 1.82) is 0 Å². The molecule has 3 heteroatoms. The Hall–Kier alpha value is -0.570. The van der Waals surface area contributed by atoms with E-state index in [-0.39, 0.29) is 6.04 Å². The Morgan fingerprint density at radius 3 is 2.44 bits per heavy atom. The monoisotopic (exact) mass is 252 g/mol. The minimum absolute atomic E-state index is 0.0781. The maximum absolute atomic E-state index is 12.5. The van der Waals surface area contributed by atoms with Gasteiger partial charge in [0.05, 0.1) is 6.04 Å². The number of rotatable bonds is 2. The molecule has 0 aromatic carbocycles. The highest BCUT2D eigenvalue weighted by molar-refractivity contribution is 5.82. The van der Waals surface area contributed by atoms with Gasteiger partial charge in [-0.15, -0.1) is 0 Å². The Labute approximate surface area is 111 Å². The molecular formula is C15H28N2O. The summed E-state index contributed by atoms with van der Waals surface area (Å²) >= 11 is 0. The molecule has 3 nitrogen and oxygen atoms in total. The fourth-order valence-electron chi connectivity index (χ4n) is 3.36. The molecule has 1 N–H and O–H groups in total. The molecule has 2 fully saturated rings. The standard InChI is InChI=1S/C15H28N2O/c1-11(2)13-6-9-17(10-7-13)15(18)14-12(3)5-4-8-16-14/h11-14,16H,4-10H2,1-3H3. The van der Waals surface area contributed by atoms with E-state index in [0.717, 1.165) is 31.5 Å². The molecule has 0 aliphatic carbocycles. The number of hydrogen-bond donors (Lipinski definition) is 1. The Kier molecular flexibility index (Phi) is 4.66. The van der Waals surface area contributed by atoms with Crippen molar-refractivity contribution in [2.45, 2.75) is 52.5 Å². The van der Waals surface area contributed by atoms with E-state index < -0.39 is 0 Å². The minimum atomic E-state index is 0.0781. The van der Waals surface area contributed by atoms with E-state index in [4.69, 9.17) is 0 Å². The van der Waals surface area contributed by atoms with Gasteiger partial charge in [0.1, 0.15) is 0 Å². The van der Waals surface area contributed by atoms with Crippen molar-refractivity contribution in [2.75, 3.05) is 19.6 Å². The third kappa shape index (κ3) is 3.05. The molecule has 2 unspecified atom stereocenters. The van der Waals surface area contributed by atoms with Crippen LogP contribution in [-0.2, 0) is 4.79 Å². The highest BCUT2D eigenvalue weighted by atomic mass is 16.2. The molecule has 0 aromatic rings. The summed E-state index contributed by atoms with van der Waals surface area (Å²) in [5.74, 6) is 2.42. The molecule has 18 heavy (non-hydrogen) atoms. The molecule has 2 heterocycles. The lowest BCUT2D eigenvalue weighted by Gasteiger charge is -2.38. The second kappa shape index (κ2) is 6.05. The molecule has 0 spiro atoms. The summed E-state index contributed by atoms with van der Waals surface area (Å²) in [7, 11) is 0. The third-order valence-electron chi connectivity index (χ3n) is 4.83. The van der Waals surface area contributed by atoms with Gasteiger partial charge in [-0.3, -0.25) is 4.79 Å². The Balaban J connectivity index is 1.87. The predicted octanol–water partition coefficient (Wildman–Crippen LogP) is 2.27. The van der Waals surface area contributed by atoms with Crippen molar-refractivity contribution < 1.29 is 4.79 Å². The van der Waals surface area contributed by atoms with Crippen LogP contribution in [0.15, 0.2) is 0 Å². The Bertz CT molecular complexity index is 282. The molecule has 104 valence electrons. The first-order chi connectivity index (χ1) is 8.59. The second-order valence-electron chi connectivity index (χ2n) is 6.46. The Morgan fingerprint density at radius 2 is 1.89 bits per heavy atom. The van der Waals surface area contributed by atoms with Gasteiger partial charge in [0, 0.05) is 13.1 Å². The fraction of sp³-hybridized carbons (Fsp3) is 0.933. The summed E-state index contributed by atoms with van der Waals surface area (Å²) in [6.45, 7) is 9.73. The van der Waals surface area contributed by atoms with Crippen LogP contribution in [-0.4, -0.2) is 36.5 Å². The van der Waals surface area contributed by atoms with Crippen LogP contribution >= 0.6 is 0 Å². The largest absolute Gasteiger partial charge is 0.341 e. The SMILES string of the molecule is CC(C)C1CCN(C(=O)C2NCCCC2C)CC1. The summed E-state index contributed by atoms with van der Waals surface area (Å²) < 4.78 is 0. The molecule has 2 atom stereocenters. The lowest BCUT2D eigenvalue weighted by atomic mass is 9.85. The molecule has 0 bridgehead atoms. The van der Waals surface area contributed by atoms with Crippen molar-refractivity contribution in [2.24, 2.45) is 17.8 Å². The van der Waals surface area contributed by atoms with Crippen LogP contribution in [0.1, 0.15) is 46.5 Å². The third-order valence-corrected chi connectivity index (χ3v) is 4.83. The maximum Gasteiger partial charge on any atom is 0.239 e. The van der Waals surface area contributed by atoms with Crippen LogP contribution in [0.3, 0.4) is 0 Å². The fourth-order valence-corrected chi connectivity index (χ4v) is 3.36. The Morgan fingerprint density at radius 1 is 1.22 bits per heavy atom. The van der Waals surface area contributed by atoms with Gasteiger partial charge < -0.3 is 10.2 Å². The first-order valence-electron chi connectivity index (χ1n) is 7.61. The van der Waals surface area contributed by atoms with Crippen molar-refractivity contribution in [3.8, 4) is 0 Å². The number of carbonyl (C=O) groups excluding carboxylic acids is 1. The molecule has 0 saturated carbocycles. The maximum atomic E-state index is 12.5. The van der Waals surface area contributed by atoms with Gasteiger partial charge >= 0.3 is 0 Å². The normalized spacial score (nSPS) is 30.8. The van der Waals surface area contributed by atoms with E-state index in [1.807, 2.05) is 0 Å². The molecule has 0 radical (unpaired) electrons. The van der Waals surface area contributed by atoms with E-state index in [0.29, 0.717) is 11.8 Å². The summed E-state index contributed by atoms with van der Waals surface area (Å²) in [6.07, 6.45) is 4.77. The van der Waals surface area contributed by atoms with Crippen molar-refractivity contribution in [3.63, 3.8) is 0 Å². The van der Waals surface area contributed by atoms with Crippen molar-refractivity contribution in [3.05, 3.63) is 0 Å². The first kappa shape index (κ1) is 13.9. The number of nitrogens with zero attached hydrogens (tertiary/aromatic N) is 1. The molecule has 2 rings (SSSR count). The molecule has 2 saturated heterocycles. The summed E-state index contributed by atoms with van der Waals surface area (Å²) in [4.78, 5) is 14.6. The van der Waals surface area contributed by atoms with Crippen molar-refractivity contribution >= 4 is 5.91 Å². The van der Waals surface area contributed by atoms with E-state index in [9.17, 15) is 4.79 Å². The van der Waals surface area contributed by atoms with Gasteiger partial charge in [-0.1, -0.05) is 20.8 Å². The van der Waals surface area contributed by atoms with Gasteiger partial charge in [-0.25, -0.2) is 0 Å². The summed E-state index contributed by atoms with van der Waals surface area (Å²) in [5.41, 5.74) is 0. The van der Waals surface area contributed by atoms with Gasteiger partial charge in [0.2, 0.25) is 5.91 Å². The predicted molar refractivity (Wildman–Crippen MR) is 74.3 cm³/mol. The van der Waals surface area contributed by atoms with Crippen LogP contribution in [0.25, 0.3) is 0 Å². The first-order valence-corrected chi connectivity index (χ1v) is 7.61. The number of amides is 1. The zero-order valence-electron chi connectivity index (χ0n) is 12.1. The minimum Gasteiger partial charge on any atom is -0.341 e.